The summed E-state index contributed by atoms with van der Waals surface area (Å²) in [5.41, 5.74) is 2.61. The molecule has 0 aliphatic rings. The Morgan fingerprint density at radius 1 is 1.06 bits per heavy atom. The zero-order valence-electron chi connectivity index (χ0n) is 22.6. The molecular formula is C27H39N3O5S. The van der Waals surface area contributed by atoms with E-state index >= 15 is 0 Å². The molecule has 0 aliphatic heterocycles. The van der Waals surface area contributed by atoms with Gasteiger partial charge in [0, 0.05) is 12.1 Å². The van der Waals surface area contributed by atoms with Crippen LogP contribution in [0.25, 0.3) is 0 Å². The largest absolute Gasteiger partial charge is 0.497 e. The van der Waals surface area contributed by atoms with E-state index in [0.717, 1.165) is 27.3 Å². The van der Waals surface area contributed by atoms with Gasteiger partial charge in [-0.15, -0.1) is 0 Å². The van der Waals surface area contributed by atoms with Crippen molar-refractivity contribution in [3.8, 4) is 5.75 Å². The minimum atomic E-state index is -3.78. The third-order valence-corrected chi connectivity index (χ3v) is 6.97. The Labute approximate surface area is 215 Å². The summed E-state index contributed by atoms with van der Waals surface area (Å²) >= 11 is 0. The summed E-state index contributed by atoms with van der Waals surface area (Å²) < 4.78 is 31.9. The number of sulfonamides is 1. The molecule has 0 aliphatic carbocycles. The molecule has 9 heteroatoms. The second-order valence-corrected chi connectivity index (χ2v) is 12.0. The van der Waals surface area contributed by atoms with Gasteiger partial charge in [0.2, 0.25) is 21.8 Å². The van der Waals surface area contributed by atoms with Gasteiger partial charge in [-0.3, -0.25) is 13.9 Å². The summed E-state index contributed by atoms with van der Waals surface area (Å²) in [6.07, 6.45) is 1.44. The smallest absolute Gasteiger partial charge is 0.244 e. The number of rotatable bonds is 10. The van der Waals surface area contributed by atoms with Gasteiger partial charge in [0.25, 0.3) is 0 Å². The van der Waals surface area contributed by atoms with Crippen LogP contribution in [0.1, 0.15) is 50.8 Å². The number of nitrogens with zero attached hydrogens (tertiary/aromatic N) is 2. The van der Waals surface area contributed by atoms with E-state index in [1.165, 1.54) is 4.90 Å². The number of amides is 2. The highest BCUT2D eigenvalue weighted by molar-refractivity contribution is 7.92. The third-order valence-electron chi connectivity index (χ3n) is 5.83. The average molecular weight is 518 g/mol. The van der Waals surface area contributed by atoms with Crippen LogP contribution < -0.4 is 14.4 Å². The molecule has 0 radical (unpaired) electrons. The summed E-state index contributed by atoms with van der Waals surface area (Å²) in [6, 6.07) is 11.7. The molecule has 0 heterocycles. The summed E-state index contributed by atoms with van der Waals surface area (Å²) in [5.74, 6) is -0.143. The minimum Gasteiger partial charge on any atom is -0.497 e. The molecule has 0 fully saturated rings. The number of carbonyl (C=O) groups excluding carboxylic acids is 2. The molecule has 2 aromatic rings. The molecule has 0 saturated carbocycles. The number of carbonyl (C=O) groups is 2. The molecule has 1 atom stereocenters. The highest BCUT2D eigenvalue weighted by Gasteiger charge is 2.33. The average Bonchev–Trinajstić information content (AvgIpc) is 2.77. The number of aryl methyl sites for hydroxylation is 2. The molecule has 8 nitrogen and oxygen atoms in total. The van der Waals surface area contributed by atoms with E-state index in [0.29, 0.717) is 17.9 Å². The van der Waals surface area contributed by atoms with Gasteiger partial charge in [-0.25, -0.2) is 8.42 Å². The van der Waals surface area contributed by atoms with Crippen molar-refractivity contribution in [2.75, 3.05) is 24.2 Å². The van der Waals surface area contributed by atoms with Gasteiger partial charge in [0.05, 0.1) is 19.1 Å². The van der Waals surface area contributed by atoms with Crippen molar-refractivity contribution >= 4 is 27.5 Å². The van der Waals surface area contributed by atoms with Crippen LogP contribution in [-0.4, -0.2) is 56.6 Å². The molecular weight excluding hydrogens is 478 g/mol. The van der Waals surface area contributed by atoms with Crippen molar-refractivity contribution in [3.63, 3.8) is 0 Å². The van der Waals surface area contributed by atoms with Crippen LogP contribution in [0, 0.1) is 13.8 Å². The lowest BCUT2D eigenvalue weighted by Gasteiger charge is -2.34. The maximum atomic E-state index is 13.8. The van der Waals surface area contributed by atoms with E-state index < -0.39 is 34.1 Å². The standard InChI is InChI=1S/C27H39N3O5S/c1-9-24(26(32)28-27(4,5)6)29(17-21-11-10-12-23(16-21)35-7)25(31)18-30(36(8,33)34)22-14-13-19(2)20(3)15-22/h10-16,24H,9,17-18H2,1-8H3,(H,28,32)/t24-/m0/s1. The Morgan fingerprint density at radius 3 is 2.25 bits per heavy atom. The Hall–Kier alpha value is -3.07. The van der Waals surface area contributed by atoms with Crippen LogP contribution in [-0.2, 0) is 26.2 Å². The summed E-state index contributed by atoms with van der Waals surface area (Å²) in [4.78, 5) is 28.4. The molecule has 0 spiro atoms. The highest BCUT2D eigenvalue weighted by atomic mass is 32.2. The zero-order chi connectivity index (χ0) is 27.3. The highest BCUT2D eigenvalue weighted by Crippen LogP contribution is 2.23. The maximum Gasteiger partial charge on any atom is 0.244 e. The molecule has 36 heavy (non-hydrogen) atoms. The van der Waals surface area contributed by atoms with Crippen molar-refractivity contribution in [1.29, 1.82) is 0 Å². The minimum absolute atomic E-state index is 0.122. The van der Waals surface area contributed by atoms with Gasteiger partial charge in [-0.2, -0.15) is 0 Å². The number of methoxy groups -OCH3 is 1. The first kappa shape index (κ1) is 29.2. The zero-order valence-corrected chi connectivity index (χ0v) is 23.4. The van der Waals surface area contributed by atoms with Crippen LogP contribution in [0.3, 0.4) is 0 Å². The van der Waals surface area contributed by atoms with E-state index in [2.05, 4.69) is 5.32 Å². The fourth-order valence-corrected chi connectivity index (χ4v) is 4.68. The molecule has 0 bridgehead atoms. The normalized spacial score (nSPS) is 12.6. The SMILES string of the molecule is CC[C@@H](C(=O)NC(C)(C)C)N(Cc1cccc(OC)c1)C(=O)CN(c1ccc(C)c(C)c1)S(C)(=O)=O. The molecule has 2 rings (SSSR count). The number of hydrogen-bond donors (Lipinski definition) is 1. The number of benzene rings is 2. The molecule has 0 aromatic heterocycles. The Balaban J connectivity index is 2.49. The van der Waals surface area contributed by atoms with E-state index in [9.17, 15) is 18.0 Å². The van der Waals surface area contributed by atoms with E-state index in [1.807, 2.05) is 59.7 Å². The van der Waals surface area contributed by atoms with Crippen molar-refractivity contribution in [3.05, 3.63) is 59.2 Å². The van der Waals surface area contributed by atoms with Gasteiger partial charge in [0.1, 0.15) is 18.3 Å². The lowest BCUT2D eigenvalue weighted by Crippen LogP contribution is -2.55. The van der Waals surface area contributed by atoms with Gasteiger partial charge in [0.15, 0.2) is 0 Å². The third kappa shape index (κ3) is 7.98. The first-order valence-electron chi connectivity index (χ1n) is 12.0. The van der Waals surface area contributed by atoms with E-state index in [4.69, 9.17) is 4.74 Å². The summed E-state index contributed by atoms with van der Waals surface area (Å²) in [7, 11) is -2.22. The first-order chi connectivity index (χ1) is 16.7. The van der Waals surface area contributed by atoms with Crippen molar-refractivity contribution < 1.29 is 22.7 Å². The molecule has 1 N–H and O–H groups in total. The molecule has 0 saturated heterocycles. The van der Waals surface area contributed by atoms with Gasteiger partial charge in [-0.05, 0) is 82.0 Å². The van der Waals surface area contributed by atoms with Gasteiger partial charge in [-0.1, -0.05) is 25.1 Å². The van der Waals surface area contributed by atoms with Crippen molar-refractivity contribution in [2.45, 2.75) is 66.1 Å². The Bertz CT molecular complexity index is 1190. The maximum absolute atomic E-state index is 13.8. The number of anilines is 1. The topological polar surface area (TPSA) is 96.0 Å². The Kier molecular flexibility index (Phi) is 9.54. The Morgan fingerprint density at radius 2 is 1.72 bits per heavy atom. The monoisotopic (exact) mass is 517 g/mol. The van der Waals surface area contributed by atoms with Crippen LogP contribution in [0.5, 0.6) is 5.75 Å². The van der Waals surface area contributed by atoms with Crippen LogP contribution in [0.4, 0.5) is 5.69 Å². The number of hydrogen-bond acceptors (Lipinski definition) is 5. The van der Waals surface area contributed by atoms with Gasteiger partial charge < -0.3 is 15.0 Å². The molecule has 0 unspecified atom stereocenters. The van der Waals surface area contributed by atoms with Crippen molar-refractivity contribution in [1.82, 2.24) is 10.2 Å². The van der Waals surface area contributed by atoms with E-state index in [-0.39, 0.29) is 12.5 Å². The van der Waals surface area contributed by atoms with Crippen LogP contribution >= 0.6 is 0 Å². The molecule has 2 aromatic carbocycles. The lowest BCUT2D eigenvalue weighted by atomic mass is 10.1. The fourth-order valence-electron chi connectivity index (χ4n) is 3.83. The number of nitrogens with one attached hydrogen (secondary N) is 1. The first-order valence-corrected chi connectivity index (χ1v) is 13.8. The fraction of sp³-hybridized carbons (Fsp3) is 0.481. The second-order valence-electron chi connectivity index (χ2n) is 10.1. The molecule has 2 amide bonds. The molecule has 198 valence electrons. The van der Waals surface area contributed by atoms with Crippen LogP contribution in [0.15, 0.2) is 42.5 Å². The van der Waals surface area contributed by atoms with Crippen molar-refractivity contribution in [2.24, 2.45) is 0 Å². The summed E-state index contributed by atoms with van der Waals surface area (Å²) in [5, 5.41) is 2.95. The van der Waals surface area contributed by atoms with E-state index in [1.54, 1.807) is 31.4 Å². The van der Waals surface area contributed by atoms with Gasteiger partial charge >= 0.3 is 0 Å². The van der Waals surface area contributed by atoms with Crippen LogP contribution in [0.2, 0.25) is 0 Å². The quantitative estimate of drug-likeness (QED) is 0.517. The second kappa shape index (κ2) is 11.8. The number of ether oxygens (including phenoxy) is 1. The summed E-state index contributed by atoms with van der Waals surface area (Å²) in [6.45, 7) is 11.0. The lowest BCUT2D eigenvalue weighted by molar-refractivity contribution is -0.141. The predicted octanol–water partition coefficient (Wildman–Crippen LogP) is 3.80. The predicted molar refractivity (Wildman–Crippen MR) is 144 cm³/mol.